The number of nitrogens with zero attached hydrogens (tertiary/aromatic N) is 1. The van der Waals surface area contributed by atoms with Crippen LogP contribution in [0.5, 0.6) is 0 Å². The van der Waals surface area contributed by atoms with Crippen LogP contribution in [0.3, 0.4) is 0 Å². The Morgan fingerprint density at radius 1 is 1.25 bits per heavy atom. The second-order valence-corrected chi connectivity index (χ2v) is 6.90. The Labute approximate surface area is 104 Å². The lowest BCUT2D eigenvalue weighted by molar-refractivity contribution is 0.315. The summed E-state index contributed by atoms with van der Waals surface area (Å²) in [6, 6.07) is 0.0365. The van der Waals surface area contributed by atoms with Gasteiger partial charge in [0.2, 0.25) is 10.0 Å². The summed E-state index contributed by atoms with van der Waals surface area (Å²) in [5, 5.41) is 0. The fraction of sp³-hybridized carbons (Fsp3) is 1.00. The third-order valence-corrected chi connectivity index (χ3v) is 5.16. The van der Waals surface area contributed by atoms with Gasteiger partial charge in [-0.2, -0.15) is 0 Å². The molecule has 4 nitrogen and oxygen atoms in total. The Morgan fingerprint density at radius 3 is 2.50 bits per heavy atom. The first-order valence-electron chi connectivity index (χ1n) is 5.81. The van der Waals surface area contributed by atoms with Crippen LogP contribution in [0.25, 0.3) is 0 Å². The minimum Gasteiger partial charge on any atom is -0.327 e. The third kappa shape index (κ3) is 3.87. The molecule has 1 saturated heterocycles. The molecule has 1 aliphatic carbocycles. The maximum atomic E-state index is 11.9. The van der Waals surface area contributed by atoms with E-state index >= 15 is 0 Å². The van der Waals surface area contributed by atoms with Gasteiger partial charge in [0, 0.05) is 19.1 Å². The Balaban J connectivity index is 0.00000128. The highest BCUT2D eigenvalue weighted by Gasteiger charge is 2.29. The summed E-state index contributed by atoms with van der Waals surface area (Å²) >= 11 is 0. The monoisotopic (exact) mass is 268 g/mol. The van der Waals surface area contributed by atoms with E-state index in [1.54, 1.807) is 4.31 Å². The van der Waals surface area contributed by atoms with Crippen LogP contribution in [0.2, 0.25) is 0 Å². The second-order valence-electron chi connectivity index (χ2n) is 4.81. The topological polar surface area (TPSA) is 63.4 Å². The molecule has 1 atom stereocenters. The van der Waals surface area contributed by atoms with E-state index in [4.69, 9.17) is 5.73 Å². The van der Waals surface area contributed by atoms with Crippen LogP contribution < -0.4 is 5.73 Å². The highest BCUT2D eigenvalue weighted by atomic mass is 35.5. The molecule has 1 heterocycles. The smallest absolute Gasteiger partial charge is 0.214 e. The molecule has 0 bridgehead atoms. The molecule has 0 amide bonds. The van der Waals surface area contributed by atoms with Crippen LogP contribution in [-0.4, -0.2) is 37.6 Å². The largest absolute Gasteiger partial charge is 0.327 e. The van der Waals surface area contributed by atoms with Crippen LogP contribution in [0.1, 0.15) is 32.1 Å². The van der Waals surface area contributed by atoms with Gasteiger partial charge in [-0.25, -0.2) is 12.7 Å². The van der Waals surface area contributed by atoms with Crippen molar-refractivity contribution < 1.29 is 8.42 Å². The molecule has 1 unspecified atom stereocenters. The molecule has 2 fully saturated rings. The Hall–Kier alpha value is 0.160. The van der Waals surface area contributed by atoms with Gasteiger partial charge in [0.05, 0.1) is 5.75 Å². The van der Waals surface area contributed by atoms with E-state index in [1.165, 1.54) is 12.8 Å². The number of halogens is 1. The normalized spacial score (nSPS) is 27.4. The maximum absolute atomic E-state index is 11.9. The first kappa shape index (κ1) is 14.2. The van der Waals surface area contributed by atoms with Crippen LogP contribution >= 0.6 is 12.4 Å². The Morgan fingerprint density at radius 2 is 1.94 bits per heavy atom. The summed E-state index contributed by atoms with van der Waals surface area (Å²) in [7, 11) is -3.02. The zero-order valence-electron chi connectivity index (χ0n) is 9.47. The predicted octanol–water partition coefficient (Wildman–Crippen LogP) is 0.961. The van der Waals surface area contributed by atoms with Crippen molar-refractivity contribution in [1.29, 1.82) is 0 Å². The molecule has 16 heavy (non-hydrogen) atoms. The van der Waals surface area contributed by atoms with Crippen molar-refractivity contribution >= 4 is 22.4 Å². The zero-order valence-corrected chi connectivity index (χ0v) is 11.1. The van der Waals surface area contributed by atoms with E-state index in [-0.39, 0.29) is 18.4 Å². The van der Waals surface area contributed by atoms with Gasteiger partial charge in [0.15, 0.2) is 0 Å². The minimum atomic E-state index is -3.02. The molecule has 2 N–H and O–H groups in total. The van der Waals surface area contributed by atoms with Gasteiger partial charge < -0.3 is 5.73 Å². The predicted molar refractivity (Wildman–Crippen MR) is 67.2 cm³/mol. The van der Waals surface area contributed by atoms with E-state index in [9.17, 15) is 8.42 Å². The van der Waals surface area contributed by atoms with E-state index in [0.717, 1.165) is 19.3 Å². The van der Waals surface area contributed by atoms with Crippen LogP contribution in [0, 0.1) is 5.92 Å². The third-order valence-electron chi connectivity index (χ3n) is 3.29. The van der Waals surface area contributed by atoms with Crippen molar-refractivity contribution in [2.24, 2.45) is 11.7 Å². The van der Waals surface area contributed by atoms with Gasteiger partial charge in [-0.15, -0.1) is 12.4 Å². The Bertz CT molecular complexity index is 317. The molecule has 0 aromatic carbocycles. The van der Waals surface area contributed by atoms with E-state index in [1.807, 2.05) is 0 Å². The summed E-state index contributed by atoms with van der Waals surface area (Å²) in [6.45, 7) is 1.19. The van der Waals surface area contributed by atoms with Crippen molar-refractivity contribution in [3.63, 3.8) is 0 Å². The average molecular weight is 269 g/mol. The molecule has 0 spiro atoms. The molecule has 0 aromatic heterocycles. The Kier molecular flexibility index (Phi) is 5.04. The molecule has 1 aliphatic heterocycles. The average Bonchev–Trinajstić information content (AvgIpc) is 2.98. The molecular weight excluding hydrogens is 248 g/mol. The van der Waals surface area contributed by atoms with E-state index in [2.05, 4.69) is 0 Å². The number of rotatable bonds is 4. The number of hydrogen-bond acceptors (Lipinski definition) is 3. The summed E-state index contributed by atoms with van der Waals surface area (Å²) in [6.07, 6.45) is 5.14. The van der Waals surface area contributed by atoms with Gasteiger partial charge in [0.25, 0.3) is 0 Å². The van der Waals surface area contributed by atoms with Crippen molar-refractivity contribution in [3.8, 4) is 0 Å². The SMILES string of the molecule is Cl.NC1CCCN(S(=O)(=O)CCC2CC2)C1. The van der Waals surface area contributed by atoms with Crippen molar-refractivity contribution in [2.75, 3.05) is 18.8 Å². The quantitative estimate of drug-likeness (QED) is 0.826. The lowest BCUT2D eigenvalue weighted by Gasteiger charge is -2.29. The molecular formula is C10H21ClN2O2S. The molecule has 0 radical (unpaired) electrons. The van der Waals surface area contributed by atoms with E-state index < -0.39 is 10.0 Å². The van der Waals surface area contributed by atoms with Crippen LogP contribution in [0.15, 0.2) is 0 Å². The fourth-order valence-corrected chi connectivity index (χ4v) is 3.79. The summed E-state index contributed by atoms with van der Waals surface area (Å²) in [5.41, 5.74) is 5.78. The zero-order chi connectivity index (χ0) is 10.9. The van der Waals surface area contributed by atoms with Gasteiger partial charge in [-0.1, -0.05) is 12.8 Å². The number of hydrogen-bond donors (Lipinski definition) is 1. The van der Waals surface area contributed by atoms with Crippen LogP contribution in [0.4, 0.5) is 0 Å². The number of nitrogens with two attached hydrogens (primary N) is 1. The number of sulfonamides is 1. The van der Waals surface area contributed by atoms with Crippen molar-refractivity contribution in [1.82, 2.24) is 4.31 Å². The van der Waals surface area contributed by atoms with Gasteiger partial charge in [-0.05, 0) is 25.2 Å². The van der Waals surface area contributed by atoms with Gasteiger partial charge in [0.1, 0.15) is 0 Å². The lowest BCUT2D eigenvalue weighted by atomic mass is 10.1. The standard InChI is InChI=1S/C10H20N2O2S.ClH/c11-10-2-1-6-12(8-10)15(13,14)7-5-9-3-4-9;/h9-10H,1-8,11H2;1H. The molecule has 1 saturated carbocycles. The molecule has 6 heteroatoms. The first-order valence-corrected chi connectivity index (χ1v) is 7.42. The minimum absolute atomic E-state index is 0. The highest BCUT2D eigenvalue weighted by molar-refractivity contribution is 7.89. The maximum Gasteiger partial charge on any atom is 0.214 e. The van der Waals surface area contributed by atoms with Gasteiger partial charge >= 0.3 is 0 Å². The first-order chi connectivity index (χ1) is 7.08. The van der Waals surface area contributed by atoms with E-state index in [0.29, 0.717) is 24.8 Å². The highest BCUT2D eigenvalue weighted by Crippen LogP contribution is 2.33. The van der Waals surface area contributed by atoms with Crippen molar-refractivity contribution in [2.45, 2.75) is 38.1 Å². The second kappa shape index (κ2) is 5.67. The molecule has 0 aromatic rings. The molecule has 2 aliphatic rings. The summed E-state index contributed by atoms with van der Waals surface area (Å²) in [4.78, 5) is 0. The van der Waals surface area contributed by atoms with Crippen LogP contribution in [-0.2, 0) is 10.0 Å². The number of piperidine rings is 1. The summed E-state index contributed by atoms with van der Waals surface area (Å²) in [5.74, 6) is 1.00. The fourth-order valence-electron chi connectivity index (χ4n) is 2.08. The lowest BCUT2D eigenvalue weighted by Crippen LogP contribution is -2.46. The summed E-state index contributed by atoms with van der Waals surface area (Å²) < 4.78 is 25.5. The van der Waals surface area contributed by atoms with Crippen molar-refractivity contribution in [3.05, 3.63) is 0 Å². The molecule has 96 valence electrons. The van der Waals surface area contributed by atoms with Gasteiger partial charge in [-0.3, -0.25) is 0 Å². The molecule has 2 rings (SSSR count).